The van der Waals surface area contributed by atoms with Crippen molar-refractivity contribution in [3.63, 3.8) is 0 Å². The summed E-state index contributed by atoms with van der Waals surface area (Å²) in [5, 5.41) is 9.37. The third-order valence-electron chi connectivity index (χ3n) is 4.72. The molecule has 0 saturated heterocycles. The maximum atomic E-state index is 13.0. The van der Waals surface area contributed by atoms with Gasteiger partial charge in [0, 0.05) is 23.2 Å². The van der Waals surface area contributed by atoms with E-state index in [1.807, 2.05) is 25.1 Å². The predicted octanol–water partition coefficient (Wildman–Crippen LogP) is 3.92. The summed E-state index contributed by atoms with van der Waals surface area (Å²) in [4.78, 5) is 24.9. The first-order valence-corrected chi connectivity index (χ1v) is 10.4. The van der Waals surface area contributed by atoms with E-state index in [-0.39, 0.29) is 11.2 Å². The molecule has 0 radical (unpaired) electrons. The van der Waals surface area contributed by atoms with Gasteiger partial charge in [0.15, 0.2) is 5.16 Å². The largest absolute Gasteiger partial charge is 0.465 e. The van der Waals surface area contributed by atoms with Crippen molar-refractivity contribution in [2.24, 2.45) is 0 Å². The number of methoxy groups -OCH3 is 1. The van der Waals surface area contributed by atoms with Gasteiger partial charge in [-0.25, -0.2) is 4.79 Å². The quantitative estimate of drug-likeness (QED) is 0.345. The molecule has 0 atom stereocenters. The van der Waals surface area contributed by atoms with Gasteiger partial charge >= 0.3 is 11.5 Å². The zero-order valence-corrected chi connectivity index (χ0v) is 17.8. The summed E-state index contributed by atoms with van der Waals surface area (Å²) in [5.74, 6) is 0.0832. The molecule has 4 aromatic rings. The molecule has 2 heterocycles. The average molecular weight is 441 g/mol. The molecule has 0 bridgehead atoms. The third kappa shape index (κ3) is 3.59. The van der Waals surface area contributed by atoms with Crippen LogP contribution in [0.5, 0.6) is 0 Å². The standard InChI is InChI=1S/C21H17ClN4O3S/c1-13-16(22)8-5-9-17(13)25-10-11-26-18(19(25)27)23-24-21(26)30-12-14-6-3-4-7-15(14)20(28)29-2/h3-11H,12H2,1-2H3. The molecule has 0 spiro atoms. The fourth-order valence-corrected chi connectivity index (χ4v) is 4.20. The summed E-state index contributed by atoms with van der Waals surface area (Å²) >= 11 is 7.58. The Morgan fingerprint density at radius 1 is 1.13 bits per heavy atom. The van der Waals surface area contributed by atoms with Crippen molar-refractivity contribution in [2.45, 2.75) is 17.8 Å². The van der Waals surface area contributed by atoms with Crippen LogP contribution < -0.4 is 5.56 Å². The Balaban J connectivity index is 1.67. The minimum atomic E-state index is -0.392. The molecule has 0 unspecified atom stereocenters. The Morgan fingerprint density at radius 3 is 2.73 bits per heavy atom. The summed E-state index contributed by atoms with van der Waals surface area (Å²) in [6.45, 7) is 1.86. The van der Waals surface area contributed by atoms with Crippen LogP contribution in [-0.4, -0.2) is 32.2 Å². The normalized spacial score (nSPS) is 11.0. The van der Waals surface area contributed by atoms with E-state index >= 15 is 0 Å². The number of carbonyl (C=O) groups excluding carboxylic acids is 1. The van der Waals surface area contributed by atoms with E-state index in [0.29, 0.717) is 27.2 Å². The Morgan fingerprint density at radius 2 is 1.93 bits per heavy atom. The molecule has 0 fully saturated rings. The Hall–Kier alpha value is -3.10. The van der Waals surface area contributed by atoms with Gasteiger partial charge in [0.05, 0.1) is 18.4 Å². The number of esters is 1. The molecule has 0 N–H and O–H groups in total. The van der Waals surface area contributed by atoms with Crippen LogP contribution in [-0.2, 0) is 10.5 Å². The van der Waals surface area contributed by atoms with E-state index in [1.165, 1.54) is 23.4 Å². The van der Waals surface area contributed by atoms with E-state index in [9.17, 15) is 9.59 Å². The molecule has 7 nitrogen and oxygen atoms in total. The topological polar surface area (TPSA) is 78.5 Å². The number of nitrogens with zero attached hydrogens (tertiary/aromatic N) is 4. The summed E-state index contributed by atoms with van der Waals surface area (Å²) < 4.78 is 7.99. The van der Waals surface area contributed by atoms with Gasteiger partial charge < -0.3 is 4.74 Å². The number of benzene rings is 2. The number of rotatable bonds is 5. The number of fused-ring (bicyclic) bond motifs is 1. The highest BCUT2D eigenvalue weighted by atomic mass is 35.5. The monoisotopic (exact) mass is 440 g/mol. The van der Waals surface area contributed by atoms with E-state index in [2.05, 4.69) is 10.2 Å². The number of ether oxygens (including phenoxy) is 1. The number of hydrogen-bond donors (Lipinski definition) is 0. The van der Waals surface area contributed by atoms with Crippen molar-refractivity contribution in [2.75, 3.05) is 7.11 Å². The lowest BCUT2D eigenvalue weighted by Crippen LogP contribution is -2.21. The lowest BCUT2D eigenvalue weighted by atomic mass is 10.1. The second kappa shape index (κ2) is 8.33. The lowest BCUT2D eigenvalue weighted by Gasteiger charge is -2.10. The molecule has 0 aliphatic heterocycles. The van der Waals surface area contributed by atoms with Crippen LogP contribution >= 0.6 is 23.4 Å². The van der Waals surface area contributed by atoms with Crippen molar-refractivity contribution < 1.29 is 9.53 Å². The fourth-order valence-electron chi connectivity index (χ4n) is 3.11. The van der Waals surface area contributed by atoms with Gasteiger partial charge in [-0.15, -0.1) is 10.2 Å². The van der Waals surface area contributed by atoms with Gasteiger partial charge in [-0.1, -0.05) is 47.6 Å². The molecular formula is C21H17ClN4O3S. The molecule has 0 aliphatic rings. The predicted molar refractivity (Wildman–Crippen MR) is 116 cm³/mol. The van der Waals surface area contributed by atoms with Crippen LogP contribution in [0.1, 0.15) is 21.5 Å². The highest BCUT2D eigenvalue weighted by Crippen LogP contribution is 2.24. The summed E-state index contributed by atoms with van der Waals surface area (Å²) in [7, 11) is 1.35. The molecule has 9 heteroatoms. The van der Waals surface area contributed by atoms with Crippen molar-refractivity contribution in [3.05, 3.63) is 86.9 Å². The van der Waals surface area contributed by atoms with Gasteiger partial charge in [0.2, 0.25) is 5.65 Å². The molecule has 0 saturated carbocycles. The molecule has 4 rings (SSSR count). The van der Waals surface area contributed by atoms with Crippen LogP contribution in [0.3, 0.4) is 0 Å². The first-order chi connectivity index (χ1) is 14.5. The number of thioether (sulfide) groups is 1. The molecule has 30 heavy (non-hydrogen) atoms. The summed E-state index contributed by atoms with van der Waals surface area (Å²) in [5.41, 5.74) is 2.73. The number of aromatic nitrogens is 4. The zero-order chi connectivity index (χ0) is 21.3. The molecular weight excluding hydrogens is 424 g/mol. The van der Waals surface area contributed by atoms with E-state index in [1.54, 1.807) is 41.1 Å². The second-order valence-electron chi connectivity index (χ2n) is 6.47. The van der Waals surface area contributed by atoms with E-state index in [4.69, 9.17) is 16.3 Å². The van der Waals surface area contributed by atoms with E-state index < -0.39 is 5.97 Å². The Bertz CT molecular complexity index is 1320. The number of hydrogen-bond acceptors (Lipinski definition) is 6. The van der Waals surface area contributed by atoms with Gasteiger partial charge in [-0.05, 0) is 36.2 Å². The Kier molecular flexibility index (Phi) is 5.61. The smallest absolute Gasteiger partial charge is 0.338 e. The molecule has 0 aliphatic carbocycles. The van der Waals surface area contributed by atoms with Crippen molar-refractivity contribution >= 4 is 35.0 Å². The minimum absolute atomic E-state index is 0.209. The van der Waals surface area contributed by atoms with Gasteiger partial charge in [0.25, 0.3) is 0 Å². The van der Waals surface area contributed by atoms with Crippen LogP contribution in [0.2, 0.25) is 5.02 Å². The Labute approximate surface area is 181 Å². The highest BCUT2D eigenvalue weighted by Gasteiger charge is 2.16. The molecule has 2 aromatic carbocycles. The lowest BCUT2D eigenvalue weighted by molar-refractivity contribution is 0.0600. The van der Waals surface area contributed by atoms with Crippen molar-refractivity contribution in [3.8, 4) is 5.69 Å². The van der Waals surface area contributed by atoms with Crippen molar-refractivity contribution in [1.29, 1.82) is 0 Å². The molecule has 152 valence electrons. The number of halogens is 1. The maximum Gasteiger partial charge on any atom is 0.338 e. The maximum absolute atomic E-state index is 13.0. The zero-order valence-electron chi connectivity index (χ0n) is 16.2. The SMILES string of the molecule is COC(=O)c1ccccc1CSc1nnc2c(=O)n(-c3cccc(Cl)c3C)ccn12. The van der Waals surface area contributed by atoms with E-state index in [0.717, 1.165) is 11.1 Å². The first-order valence-electron chi connectivity index (χ1n) is 9.02. The first kappa shape index (κ1) is 20.2. The summed E-state index contributed by atoms with van der Waals surface area (Å²) in [6.07, 6.45) is 3.41. The average Bonchev–Trinajstić information content (AvgIpc) is 3.18. The fraction of sp³-hybridized carbons (Fsp3) is 0.143. The minimum Gasteiger partial charge on any atom is -0.465 e. The van der Waals surface area contributed by atoms with Gasteiger partial charge in [0.1, 0.15) is 0 Å². The van der Waals surface area contributed by atoms with Crippen LogP contribution in [0, 0.1) is 6.92 Å². The molecule has 0 amide bonds. The third-order valence-corrected chi connectivity index (χ3v) is 6.12. The van der Waals surface area contributed by atoms with Gasteiger partial charge in [-0.2, -0.15) is 0 Å². The van der Waals surface area contributed by atoms with Crippen LogP contribution in [0.4, 0.5) is 0 Å². The van der Waals surface area contributed by atoms with Crippen LogP contribution in [0.15, 0.2) is 64.8 Å². The van der Waals surface area contributed by atoms with Crippen LogP contribution in [0.25, 0.3) is 11.3 Å². The summed E-state index contributed by atoms with van der Waals surface area (Å²) in [6, 6.07) is 12.6. The number of carbonyl (C=O) groups is 1. The highest BCUT2D eigenvalue weighted by molar-refractivity contribution is 7.98. The molecule has 2 aromatic heterocycles. The van der Waals surface area contributed by atoms with Crippen molar-refractivity contribution in [1.82, 2.24) is 19.2 Å². The van der Waals surface area contributed by atoms with Gasteiger partial charge in [-0.3, -0.25) is 13.8 Å². The second-order valence-corrected chi connectivity index (χ2v) is 7.82.